The van der Waals surface area contributed by atoms with Crippen LogP contribution >= 0.6 is 0 Å². The summed E-state index contributed by atoms with van der Waals surface area (Å²) >= 11 is 0. The first kappa shape index (κ1) is 16.9. The molecule has 1 amide bonds. The van der Waals surface area contributed by atoms with Crippen molar-refractivity contribution < 1.29 is 9.72 Å². The fourth-order valence-corrected chi connectivity index (χ4v) is 2.03. The van der Waals surface area contributed by atoms with E-state index in [2.05, 4.69) is 17.7 Å². The zero-order chi connectivity index (χ0) is 15.8. The highest BCUT2D eigenvalue weighted by molar-refractivity contribution is 5.96. The van der Waals surface area contributed by atoms with Gasteiger partial charge >= 0.3 is 0 Å². The number of nitrogens with two attached hydrogens (primary N) is 1. The van der Waals surface area contributed by atoms with Crippen molar-refractivity contribution in [3.63, 3.8) is 0 Å². The molecule has 7 heteroatoms. The molecule has 0 aliphatic rings. The average molecular weight is 294 g/mol. The maximum atomic E-state index is 12.1. The van der Waals surface area contributed by atoms with E-state index < -0.39 is 4.92 Å². The van der Waals surface area contributed by atoms with E-state index in [1.807, 2.05) is 6.92 Å². The van der Waals surface area contributed by atoms with Crippen molar-refractivity contribution >= 4 is 17.3 Å². The molecule has 1 atom stereocenters. The van der Waals surface area contributed by atoms with Crippen molar-refractivity contribution in [2.24, 2.45) is 5.84 Å². The number of rotatable bonds is 8. The molecule has 116 valence electrons. The summed E-state index contributed by atoms with van der Waals surface area (Å²) in [4.78, 5) is 22.3. The minimum absolute atomic E-state index is 0.0635. The number of nitro benzene ring substituents is 1. The van der Waals surface area contributed by atoms with Gasteiger partial charge in [-0.15, -0.1) is 0 Å². The standard InChI is InChI=1S/C14H22N4O3/c1-3-4-5-6-10(2)16-14(19)11-7-8-13(18(20)21)12(9-11)17-15/h7-10,17H,3-6,15H2,1-2H3,(H,16,19). The number of anilines is 1. The molecule has 1 rings (SSSR count). The molecule has 21 heavy (non-hydrogen) atoms. The Bertz CT molecular complexity index is 505. The smallest absolute Gasteiger partial charge is 0.293 e. The molecule has 0 saturated heterocycles. The van der Waals surface area contributed by atoms with E-state index in [1.165, 1.54) is 18.2 Å². The second-order valence-electron chi connectivity index (χ2n) is 5.00. The number of carbonyl (C=O) groups is 1. The average Bonchev–Trinajstić information content (AvgIpc) is 2.46. The highest BCUT2D eigenvalue weighted by Gasteiger charge is 2.17. The van der Waals surface area contributed by atoms with Gasteiger partial charge in [0.2, 0.25) is 0 Å². The number of carbonyl (C=O) groups excluding carboxylic acids is 1. The summed E-state index contributed by atoms with van der Waals surface area (Å²) in [6.07, 6.45) is 4.25. The van der Waals surface area contributed by atoms with Gasteiger partial charge < -0.3 is 10.7 Å². The Kier molecular flexibility index (Phi) is 6.61. The molecule has 1 aromatic rings. The summed E-state index contributed by atoms with van der Waals surface area (Å²) in [6.45, 7) is 4.07. The van der Waals surface area contributed by atoms with Crippen LogP contribution < -0.4 is 16.6 Å². The van der Waals surface area contributed by atoms with Crippen LogP contribution in [0.1, 0.15) is 49.9 Å². The highest BCUT2D eigenvalue weighted by atomic mass is 16.6. The topological polar surface area (TPSA) is 110 Å². The summed E-state index contributed by atoms with van der Waals surface area (Å²) in [5, 5.41) is 13.7. The molecule has 7 nitrogen and oxygen atoms in total. The van der Waals surface area contributed by atoms with E-state index in [0.717, 1.165) is 25.7 Å². The van der Waals surface area contributed by atoms with E-state index in [9.17, 15) is 14.9 Å². The minimum atomic E-state index is -0.551. The SMILES string of the molecule is CCCCCC(C)NC(=O)c1ccc([N+](=O)[O-])c(NN)c1. The van der Waals surface area contributed by atoms with Crippen LogP contribution in [0.25, 0.3) is 0 Å². The van der Waals surface area contributed by atoms with E-state index in [-0.39, 0.29) is 23.3 Å². The van der Waals surface area contributed by atoms with E-state index in [1.54, 1.807) is 0 Å². The predicted octanol–water partition coefficient (Wildman–Crippen LogP) is 2.58. The third-order valence-corrected chi connectivity index (χ3v) is 3.23. The Morgan fingerprint density at radius 3 is 2.71 bits per heavy atom. The van der Waals surface area contributed by atoms with Crippen LogP contribution in [0, 0.1) is 10.1 Å². The lowest BCUT2D eigenvalue weighted by molar-refractivity contribution is -0.384. The van der Waals surface area contributed by atoms with Gasteiger partial charge in [-0.2, -0.15) is 0 Å². The quantitative estimate of drug-likeness (QED) is 0.295. The van der Waals surface area contributed by atoms with Crippen molar-refractivity contribution in [1.82, 2.24) is 5.32 Å². The van der Waals surface area contributed by atoms with Crippen molar-refractivity contribution in [3.8, 4) is 0 Å². The molecule has 0 heterocycles. The molecule has 0 aliphatic heterocycles. The molecule has 0 spiro atoms. The summed E-state index contributed by atoms with van der Waals surface area (Å²) in [6, 6.07) is 4.14. The molecule has 1 aromatic carbocycles. The van der Waals surface area contributed by atoms with Crippen LogP contribution in [0.3, 0.4) is 0 Å². The minimum Gasteiger partial charge on any atom is -0.350 e. The molecule has 4 N–H and O–H groups in total. The number of nitro groups is 1. The van der Waals surface area contributed by atoms with Gasteiger partial charge in [0.15, 0.2) is 0 Å². The van der Waals surface area contributed by atoms with Gasteiger partial charge in [0.05, 0.1) is 4.92 Å². The van der Waals surface area contributed by atoms with Crippen molar-refractivity contribution in [2.75, 3.05) is 5.43 Å². The number of hydrazine groups is 1. The van der Waals surface area contributed by atoms with Gasteiger partial charge in [-0.25, -0.2) is 0 Å². The van der Waals surface area contributed by atoms with Crippen LogP contribution in [0.2, 0.25) is 0 Å². The number of benzene rings is 1. The van der Waals surface area contributed by atoms with E-state index in [4.69, 9.17) is 5.84 Å². The van der Waals surface area contributed by atoms with E-state index >= 15 is 0 Å². The maximum absolute atomic E-state index is 12.1. The number of nitrogen functional groups attached to an aromatic ring is 1. The third kappa shape index (κ3) is 5.03. The second-order valence-corrected chi connectivity index (χ2v) is 5.00. The zero-order valence-electron chi connectivity index (χ0n) is 12.4. The Balaban J connectivity index is 2.72. The summed E-state index contributed by atoms with van der Waals surface area (Å²) < 4.78 is 0. The highest BCUT2D eigenvalue weighted by Crippen LogP contribution is 2.24. The fraction of sp³-hybridized carbons (Fsp3) is 0.500. The Hall–Kier alpha value is -2.15. The number of amides is 1. The lowest BCUT2D eigenvalue weighted by Crippen LogP contribution is -2.32. The first-order chi connectivity index (χ1) is 9.99. The van der Waals surface area contributed by atoms with Crippen LogP contribution in [-0.4, -0.2) is 16.9 Å². The zero-order valence-corrected chi connectivity index (χ0v) is 12.4. The lowest BCUT2D eigenvalue weighted by Gasteiger charge is -2.14. The monoisotopic (exact) mass is 294 g/mol. The summed E-state index contributed by atoms with van der Waals surface area (Å²) in [5.74, 6) is 4.99. The van der Waals surface area contributed by atoms with Gasteiger partial charge in [-0.3, -0.25) is 20.8 Å². The number of hydrogen-bond acceptors (Lipinski definition) is 5. The van der Waals surface area contributed by atoms with Crippen molar-refractivity contribution in [2.45, 2.75) is 45.6 Å². The number of unbranched alkanes of at least 4 members (excludes halogenated alkanes) is 2. The first-order valence-electron chi connectivity index (χ1n) is 7.05. The third-order valence-electron chi connectivity index (χ3n) is 3.23. The lowest BCUT2D eigenvalue weighted by atomic mass is 10.1. The van der Waals surface area contributed by atoms with Crippen molar-refractivity contribution in [1.29, 1.82) is 0 Å². The second kappa shape index (κ2) is 8.21. The molecule has 0 saturated carbocycles. The van der Waals surface area contributed by atoms with Crippen LogP contribution in [0.15, 0.2) is 18.2 Å². The van der Waals surface area contributed by atoms with Gasteiger partial charge in [0.1, 0.15) is 5.69 Å². The van der Waals surface area contributed by atoms with Crippen molar-refractivity contribution in [3.05, 3.63) is 33.9 Å². The molecule has 0 aliphatic carbocycles. The Morgan fingerprint density at radius 1 is 1.43 bits per heavy atom. The summed E-state index contributed by atoms with van der Waals surface area (Å²) in [7, 11) is 0. The Morgan fingerprint density at radius 2 is 2.14 bits per heavy atom. The van der Waals surface area contributed by atoms with Crippen LogP contribution in [0.4, 0.5) is 11.4 Å². The first-order valence-corrected chi connectivity index (χ1v) is 7.05. The molecule has 0 radical (unpaired) electrons. The van der Waals surface area contributed by atoms with Gasteiger partial charge in [-0.1, -0.05) is 26.2 Å². The molecular weight excluding hydrogens is 272 g/mol. The fourth-order valence-electron chi connectivity index (χ4n) is 2.03. The van der Waals surface area contributed by atoms with Gasteiger partial charge in [0.25, 0.3) is 11.6 Å². The molecule has 0 aromatic heterocycles. The maximum Gasteiger partial charge on any atom is 0.293 e. The number of nitrogens with zero attached hydrogens (tertiary/aromatic N) is 1. The largest absolute Gasteiger partial charge is 0.350 e. The molecule has 0 fully saturated rings. The molecular formula is C14H22N4O3. The molecule has 1 unspecified atom stereocenters. The van der Waals surface area contributed by atoms with Crippen LogP contribution in [0.5, 0.6) is 0 Å². The number of nitrogens with one attached hydrogen (secondary N) is 2. The number of hydrogen-bond donors (Lipinski definition) is 3. The van der Waals surface area contributed by atoms with Crippen LogP contribution in [-0.2, 0) is 0 Å². The van der Waals surface area contributed by atoms with Gasteiger partial charge in [-0.05, 0) is 25.5 Å². The normalized spacial score (nSPS) is 11.8. The Labute approximate surface area is 124 Å². The van der Waals surface area contributed by atoms with Gasteiger partial charge in [0, 0.05) is 17.7 Å². The summed E-state index contributed by atoms with van der Waals surface area (Å²) in [5.41, 5.74) is 2.54. The predicted molar refractivity (Wildman–Crippen MR) is 82.0 cm³/mol. The molecule has 0 bridgehead atoms. The van der Waals surface area contributed by atoms with E-state index in [0.29, 0.717) is 5.56 Å².